The lowest BCUT2D eigenvalue weighted by Gasteiger charge is -2.14. The minimum Gasteiger partial charge on any atom is -0.313 e. The van der Waals surface area contributed by atoms with E-state index in [9.17, 15) is 0 Å². The van der Waals surface area contributed by atoms with E-state index in [1.54, 1.807) is 11.3 Å². The van der Waals surface area contributed by atoms with Gasteiger partial charge in [-0.3, -0.25) is 0 Å². The van der Waals surface area contributed by atoms with Gasteiger partial charge in [-0.25, -0.2) is 0 Å². The Balaban J connectivity index is 2.47. The molecule has 15 heavy (non-hydrogen) atoms. The number of hydrogen-bond acceptors (Lipinski definition) is 2. The molecule has 1 nitrogen and oxygen atoms in total. The third-order valence-electron chi connectivity index (χ3n) is 2.65. The summed E-state index contributed by atoms with van der Waals surface area (Å²) in [6.45, 7) is 2.19. The van der Waals surface area contributed by atoms with Gasteiger partial charge < -0.3 is 5.32 Å². The van der Waals surface area contributed by atoms with Crippen LogP contribution in [0.15, 0.2) is 41.8 Å². The van der Waals surface area contributed by atoms with E-state index in [2.05, 4.69) is 54.0 Å². The average Bonchev–Trinajstić information content (AvgIpc) is 2.81. The van der Waals surface area contributed by atoms with E-state index in [0.717, 1.165) is 0 Å². The van der Waals surface area contributed by atoms with Crippen molar-refractivity contribution in [3.63, 3.8) is 0 Å². The number of rotatable bonds is 3. The summed E-state index contributed by atoms with van der Waals surface area (Å²) in [5.41, 5.74) is 2.71. The van der Waals surface area contributed by atoms with Crippen LogP contribution in [0.2, 0.25) is 0 Å². The zero-order chi connectivity index (χ0) is 10.7. The molecule has 1 N–H and O–H groups in total. The summed E-state index contributed by atoms with van der Waals surface area (Å²) in [5, 5.41) is 5.41. The van der Waals surface area contributed by atoms with Gasteiger partial charge in [0.25, 0.3) is 0 Å². The average molecular weight is 217 g/mol. The van der Waals surface area contributed by atoms with Gasteiger partial charge in [0.2, 0.25) is 0 Å². The minimum absolute atomic E-state index is 0.392. The zero-order valence-electron chi connectivity index (χ0n) is 9.03. The molecule has 78 valence electrons. The molecule has 0 saturated heterocycles. The Morgan fingerprint density at radius 2 is 1.93 bits per heavy atom. The highest BCUT2D eigenvalue weighted by molar-refractivity contribution is 7.13. The van der Waals surface area contributed by atoms with Crippen LogP contribution in [0.5, 0.6) is 0 Å². The molecule has 1 aromatic heterocycles. The number of thiophene rings is 1. The fourth-order valence-electron chi connectivity index (χ4n) is 1.69. The topological polar surface area (TPSA) is 12.0 Å². The highest BCUT2D eigenvalue weighted by atomic mass is 32.1. The first-order chi connectivity index (χ1) is 7.33. The predicted molar refractivity (Wildman–Crippen MR) is 67.2 cm³/mol. The van der Waals surface area contributed by atoms with Gasteiger partial charge in [0.05, 0.1) is 0 Å². The second-order valence-electron chi connectivity index (χ2n) is 3.57. The summed E-state index contributed by atoms with van der Waals surface area (Å²) in [5.74, 6) is 0. The van der Waals surface area contributed by atoms with Crippen molar-refractivity contribution in [3.05, 3.63) is 47.3 Å². The van der Waals surface area contributed by atoms with E-state index in [1.807, 2.05) is 7.05 Å². The summed E-state index contributed by atoms with van der Waals surface area (Å²) in [6.07, 6.45) is 0. The fourth-order valence-corrected chi connectivity index (χ4v) is 2.46. The molecule has 1 aromatic carbocycles. The molecule has 0 saturated carbocycles. The molecule has 2 aromatic rings. The Hall–Kier alpha value is -1.12. The van der Waals surface area contributed by atoms with Crippen molar-refractivity contribution in [2.24, 2.45) is 0 Å². The summed E-state index contributed by atoms with van der Waals surface area (Å²) in [6, 6.07) is 13.2. The maximum atomic E-state index is 3.29. The van der Waals surface area contributed by atoms with Crippen LogP contribution in [0, 0.1) is 0 Å². The standard InChI is InChI=1S/C13H15NS/c1-10(14-2)11-6-3-4-7-12(11)13-8-5-9-15-13/h3-10,14H,1-2H3. The molecule has 1 atom stereocenters. The van der Waals surface area contributed by atoms with Crippen molar-refractivity contribution in [1.29, 1.82) is 0 Å². The van der Waals surface area contributed by atoms with E-state index in [1.165, 1.54) is 16.0 Å². The van der Waals surface area contributed by atoms with Crippen LogP contribution in [0.4, 0.5) is 0 Å². The van der Waals surface area contributed by atoms with E-state index in [-0.39, 0.29) is 0 Å². The quantitative estimate of drug-likeness (QED) is 0.826. The summed E-state index contributed by atoms with van der Waals surface area (Å²) in [4.78, 5) is 1.34. The van der Waals surface area contributed by atoms with Crippen LogP contribution < -0.4 is 5.32 Å². The highest BCUT2D eigenvalue weighted by Gasteiger charge is 2.09. The van der Waals surface area contributed by atoms with Gasteiger partial charge in [0, 0.05) is 10.9 Å². The summed E-state index contributed by atoms with van der Waals surface area (Å²) < 4.78 is 0. The van der Waals surface area contributed by atoms with E-state index in [4.69, 9.17) is 0 Å². The van der Waals surface area contributed by atoms with Gasteiger partial charge in [-0.05, 0) is 36.5 Å². The third-order valence-corrected chi connectivity index (χ3v) is 3.55. The molecule has 0 aliphatic rings. The normalized spacial score (nSPS) is 12.7. The molecule has 0 bridgehead atoms. The van der Waals surface area contributed by atoms with Crippen LogP contribution in [0.3, 0.4) is 0 Å². The van der Waals surface area contributed by atoms with Crippen molar-refractivity contribution >= 4 is 11.3 Å². The molecule has 0 radical (unpaired) electrons. The third kappa shape index (κ3) is 2.11. The molecule has 0 spiro atoms. The Labute approximate surface area is 94.8 Å². The van der Waals surface area contributed by atoms with Crippen molar-refractivity contribution in [2.45, 2.75) is 13.0 Å². The van der Waals surface area contributed by atoms with Crippen molar-refractivity contribution in [1.82, 2.24) is 5.32 Å². The highest BCUT2D eigenvalue weighted by Crippen LogP contribution is 2.30. The SMILES string of the molecule is CNC(C)c1ccccc1-c1cccs1. The van der Waals surface area contributed by atoms with E-state index in [0.29, 0.717) is 6.04 Å². The van der Waals surface area contributed by atoms with Gasteiger partial charge in [-0.2, -0.15) is 0 Å². The molecule has 2 rings (SSSR count). The first kappa shape index (κ1) is 10.4. The molecular formula is C13H15NS. The minimum atomic E-state index is 0.392. The van der Waals surface area contributed by atoms with Gasteiger partial charge >= 0.3 is 0 Å². The maximum Gasteiger partial charge on any atom is 0.0346 e. The lowest BCUT2D eigenvalue weighted by atomic mass is 10.0. The second-order valence-corrected chi connectivity index (χ2v) is 4.52. The predicted octanol–water partition coefficient (Wildman–Crippen LogP) is 3.70. The molecule has 1 unspecified atom stereocenters. The van der Waals surface area contributed by atoms with Crippen molar-refractivity contribution in [3.8, 4) is 10.4 Å². The van der Waals surface area contributed by atoms with Crippen LogP contribution >= 0.6 is 11.3 Å². The molecule has 0 amide bonds. The lowest BCUT2D eigenvalue weighted by Crippen LogP contribution is -2.12. The fraction of sp³-hybridized carbons (Fsp3) is 0.231. The van der Waals surface area contributed by atoms with Crippen LogP contribution in [-0.4, -0.2) is 7.05 Å². The maximum absolute atomic E-state index is 3.29. The Morgan fingerprint density at radius 1 is 1.13 bits per heavy atom. The molecule has 0 aliphatic heterocycles. The Bertz CT molecular complexity index is 420. The summed E-state index contributed by atoms with van der Waals surface area (Å²) >= 11 is 1.79. The van der Waals surface area contributed by atoms with Gasteiger partial charge in [0.15, 0.2) is 0 Å². The van der Waals surface area contributed by atoms with Crippen molar-refractivity contribution < 1.29 is 0 Å². The lowest BCUT2D eigenvalue weighted by molar-refractivity contribution is 0.654. The smallest absolute Gasteiger partial charge is 0.0346 e. The van der Waals surface area contributed by atoms with Gasteiger partial charge in [-0.15, -0.1) is 11.3 Å². The van der Waals surface area contributed by atoms with Crippen LogP contribution in [0.25, 0.3) is 10.4 Å². The Kier molecular flexibility index (Phi) is 3.19. The van der Waals surface area contributed by atoms with Crippen LogP contribution in [0.1, 0.15) is 18.5 Å². The summed E-state index contributed by atoms with van der Waals surface area (Å²) in [7, 11) is 2.00. The second kappa shape index (κ2) is 4.60. The number of hydrogen-bond donors (Lipinski definition) is 1. The first-order valence-electron chi connectivity index (χ1n) is 5.13. The largest absolute Gasteiger partial charge is 0.313 e. The van der Waals surface area contributed by atoms with Gasteiger partial charge in [-0.1, -0.05) is 30.3 Å². The molecular weight excluding hydrogens is 202 g/mol. The Morgan fingerprint density at radius 3 is 2.60 bits per heavy atom. The van der Waals surface area contributed by atoms with E-state index >= 15 is 0 Å². The van der Waals surface area contributed by atoms with Crippen molar-refractivity contribution in [2.75, 3.05) is 7.05 Å². The molecule has 0 aliphatic carbocycles. The zero-order valence-corrected chi connectivity index (χ0v) is 9.84. The first-order valence-corrected chi connectivity index (χ1v) is 6.01. The van der Waals surface area contributed by atoms with Crippen LogP contribution in [-0.2, 0) is 0 Å². The monoisotopic (exact) mass is 217 g/mol. The number of benzene rings is 1. The van der Waals surface area contributed by atoms with Gasteiger partial charge in [0.1, 0.15) is 0 Å². The molecule has 0 fully saturated rings. The molecule has 2 heteroatoms. The number of nitrogens with one attached hydrogen (secondary N) is 1. The van der Waals surface area contributed by atoms with E-state index < -0.39 is 0 Å². The molecule has 1 heterocycles.